The third-order valence-corrected chi connectivity index (χ3v) is 4.02. The summed E-state index contributed by atoms with van der Waals surface area (Å²) in [5, 5.41) is 3.13. The summed E-state index contributed by atoms with van der Waals surface area (Å²) in [4.78, 5) is 20.3. The largest absolute Gasteiger partial charge is 0.329 e. The van der Waals surface area contributed by atoms with Gasteiger partial charge in [0.05, 0.1) is 5.41 Å². The van der Waals surface area contributed by atoms with Gasteiger partial charge >= 0.3 is 0 Å². The predicted molar refractivity (Wildman–Crippen MR) is 74.9 cm³/mol. The molecule has 0 aromatic carbocycles. The SMILES string of the molecule is NCC1(C(=O)Nc2cc(Cl)ncn2)CCCCCC1. The van der Waals surface area contributed by atoms with Crippen LogP contribution >= 0.6 is 11.6 Å². The Morgan fingerprint density at radius 1 is 1.32 bits per heavy atom. The molecule has 104 valence electrons. The maximum Gasteiger partial charge on any atom is 0.233 e. The first-order valence-electron chi connectivity index (χ1n) is 6.65. The zero-order chi connectivity index (χ0) is 13.7. The molecular weight excluding hydrogens is 264 g/mol. The van der Waals surface area contributed by atoms with Gasteiger partial charge in [-0.2, -0.15) is 0 Å². The smallest absolute Gasteiger partial charge is 0.233 e. The molecule has 19 heavy (non-hydrogen) atoms. The molecule has 1 fully saturated rings. The van der Waals surface area contributed by atoms with Crippen molar-refractivity contribution in [2.24, 2.45) is 11.1 Å². The van der Waals surface area contributed by atoms with Crippen LogP contribution in [0.2, 0.25) is 5.15 Å². The van der Waals surface area contributed by atoms with Gasteiger partial charge in [0.1, 0.15) is 17.3 Å². The number of hydrogen-bond donors (Lipinski definition) is 2. The number of carbonyl (C=O) groups excluding carboxylic acids is 1. The lowest BCUT2D eigenvalue weighted by molar-refractivity contribution is -0.125. The normalized spacial score (nSPS) is 18.6. The van der Waals surface area contributed by atoms with E-state index in [9.17, 15) is 4.79 Å². The molecule has 3 N–H and O–H groups in total. The molecule has 1 aliphatic rings. The van der Waals surface area contributed by atoms with E-state index in [2.05, 4.69) is 15.3 Å². The van der Waals surface area contributed by atoms with Gasteiger partial charge < -0.3 is 11.1 Å². The highest BCUT2D eigenvalue weighted by Gasteiger charge is 2.37. The number of nitrogens with zero attached hydrogens (tertiary/aromatic N) is 2. The Hall–Kier alpha value is -1.20. The van der Waals surface area contributed by atoms with Crippen molar-refractivity contribution in [3.8, 4) is 0 Å². The number of nitrogens with one attached hydrogen (secondary N) is 1. The zero-order valence-corrected chi connectivity index (χ0v) is 11.6. The molecule has 5 nitrogen and oxygen atoms in total. The van der Waals surface area contributed by atoms with Crippen LogP contribution in [-0.2, 0) is 4.79 Å². The number of rotatable bonds is 3. The third kappa shape index (κ3) is 3.42. The highest BCUT2D eigenvalue weighted by molar-refractivity contribution is 6.29. The molecule has 0 spiro atoms. The van der Waals surface area contributed by atoms with Gasteiger partial charge in [-0.05, 0) is 12.8 Å². The Morgan fingerprint density at radius 2 is 2.00 bits per heavy atom. The summed E-state index contributed by atoms with van der Waals surface area (Å²) in [6.07, 6.45) is 7.47. The monoisotopic (exact) mass is 282 g/mol. The maximum absolute atomic E-state index is 12.5. The molecule has 0 radical (unpaired) electrons. The lowest BCUT2D eigenvalue weighted by Crippen LogP contribution is -2.42. The van der Waals surface area contributed by atoms with Crippen LogP contribution in [0.1, 0.15) is 38.5 Å². The quantitative estimate of drug-likeness (QED) is 0.659. The second kappa shape index (κ2) is 6.30. The highest BCUT2D eigenvalue weighted by atomic mass is 35.5. The van der Waals surface area contributed by atoms with Crippen LogP contribution in [-0.4, -0.2) is 22.4 Å². The standard InChI is InChI=1S/C13H19ClN4O/c14-10-7-11(17-9-16-10)18-12(19)13(8-15)5-3-1-2-4-6-13/h7,9H,1-6,8,15H2,(H,16,17,18,19). The minimum Gasteiger partial charge on any atom is -0.329 e. The van der Waals surface area contributed by atoms with E-state index < -0.39 is 5.41 Å². The molecule has 1 saturated carbocycles. The third-order valence-electron chi connectivity index (χ3n) is 3.81. The summed E-state index contributed by atoms with van der Waals surface area (Å²) in [5.41, 5.74) is 5.41. The number of hydrogen-bond acceptors (Lipinski definition) is 4. The van der Waals surface area contributed by atoms with Crippen LogP contribution in [0.25, 0.3) is 0 Å². The first kappa shape index (κ1) is 14.2. The van der Waals surface area contributed by atoms with Crippen molar-refractivity contribution in [3.05, 3.63) is 17.5 Å². The van der Waals surface area contributed by atoms with E-state index in [-0.39, 0.29) is 5.91 Å². The van der Waals surface area contributed by atoms with Crippen molar-refractivity contribution >= 4 is 23.3 Å². The van der Waals surface area contributed by atoms with Crippen molar-refractivity contribution in [2.45, 2.75) is 38.5 Å². The van der Waals surface area contributed by atoms with Crippen LogP contribution in [0, 0.1) is 5.41 Å². The summed E-state index contributed by atoms with van der Waals surface area (Å²) in [6, 6.07) is 1.54. The minimum absolute atomic E-state index is 0.0494. The summed E-state index contributed by atoms with van der Waals surface area (Å²) in [5.74, 6) is 0.383. The average Bonchev–Trinajstić information content (AvgIpc) is 2.65. The Balaban J connectivity index is 2.12. The number of halogens is 1. The number of amides is 1. The van der Waals surface area contributed by atoms with E-state index in [0.29, 0.717) is 17.5 Å². The highest BCUT2D eigenvalue weighted by Crippen LogP contribution is 2.35. The fourth-order valence-electron chi connectivity index (χ4n) is 2.58. The maximum atomic E-state index is 12.5. The van der Waals surface area contributed by atoms with E-state index in [4.69, 9.17) is 17.3 Å². The van der Waals surface area contributed by atoms with E-state index in [1.165, 1.54) is 19.2 Å². The van der Waals surface area contributed by atoms with Gasteiger partial charge in [-0.3, -0.25) is 4.79 Å². The first-order valence-corrected chi connectivity index (χ1v) is 7.03. The molecule has 0 atom stereocenters. The van der Waals surface area contributed by atoms with Crippen LogP contribution in [0.15, 0.2) is 12.4 Å². The Morgan fingerprint density at radius 3 is 2.58 bits per heavy atom. The summed E-state index contributed by atoms with van der Waals surface area (Å²) in [7, 11) is 0. The molecule has 1 aliphatic carbocycles. The van der Waals surface area contributed by atoms with Gasteiger partial charge in [0.15, 0.2) is 0 Å². The summed E-state index contributed by atoms with van der Waals surface area (Å²) in [6.45, 7) is 0.373. The predicted octanol–water partition coefficient (Wildman–Crippen LogP) is 2.37. The van der Waals surface area contributed by atoms with Crippen molar-refractivity contribution in [3.63, 3.8) is 0 Å². The van der Waals surface area contributed by atoms with Crippen LogP contribution in [0.5, 0.6) is 0 Å². The molecule has 1 amide bonds. The van der Waals surface area contributed by atoms with Crippen molar-refractivity contribution in [1.29, 1.82) is 0 Å². The molecular formula is C13H19ClN4O. The summed E-state index contributed by atoms with van der Waals surface area (Å²) >= 11 is 5.78. The second-order valence-electron chi connectivity index (χ2n) is 5.08. The molecule has 1 heterocycles. The number of carbonyl (C=O) groups is 1. The average molecular weight is 283 g/mol. The molecule has 0 bridgehead atoms. The van der Waals surface area contributed by atoms with Crippen molar-refractivity contribution < 1.29 is 4.79 Å². The van der Waals surface area contributed by atoms with Crippen molar-refractivity contribution in [2.75, 3.05) is 11.9 Å². The molecule has 0 saturated heterocycles. The van der Waals surface area contributed by atoms with Gasteiger partial charge in [0, 0.05) is 12.6 Å². The fraction of sp³-hybridized carbons (Fsp3) is 0.615. The Bertz CT molecular complexity index is 444. The van der Waals surface area contributed by atoms with Crippen LogP contribution in [0.3, 0.4) is 0 Å². The molecule has 1 aromatic rings. The Kier molecular flexibility index (Phi) is 4.71. The minimum atomic E-state index is -0.464. The van der Waals surface area contributed by atoms with E-state index in [1.54, 1.807) is 6.07 Å². The molecule has 6 heteroatoms. The second-order valence-corrected chi connectivity index (χ2v) is 5.47. The number of nitrogens with two attached hydrogens (primary N) is 1. The van der Waals surface area contributed by atoms with Gasteiger partial charge in [-0.1, -0.05) is 37.3 Å². The first-order chi connectivity index (χ1) is 9.16. The topological polar surface area (TPSA) is 80.9 Å². The molecule has 1 aromatic heterocycles. The fourth-order valence-corrected chi connectivity index (χ4v) is 2.73. The van der Waals surface area contributed by atoms with Crippen LogP contribution in [0.4, 0.5) is 5.82 Å². The van der Waals surface area contributed by atoms with Gasteiger partial charge in [0.25, 0.3) is 0 Å². The summed E-state index contributed by atoms with van der Waals surface area (Å²) < 4.78 is 0. The lowest BCUT2D eigenvalue weighted by atomic mass is 9.79. The van der Waals surface area contributed by atoms with Gasteiger partial charge in [-0.15, -0.1) is 0 Å². The molecule has 2 rings (SSSR count). The lowest BCUT2D eigenvalue weighted by Gasteiger charge is -2.29. The molecule has 0 unspecified atom stereocenters. The van der Waals surface area contributed by atoms with E-state index >= 15 is 0 Å². The number of aromatic nitrogens is 2. The number of anilines is 1. The van der Waals surface area contributed by atoms with Crippen molar-refractivity contribution in [1.82, 2.24) is 9.97 Å². The zero-order valence-electron chi connectivity index (χ0n) is 10.9. The van der Waals surface area contributed by atoms with Gasteiger partial charge in [-0.25, -0.2) is 9.97 Å². The van der Waals surface area contributed by atoms with Gasteiger partial charge in [0.2, 0.25) is 5.91 Å². The van der Waals surface area contributed by atoms with E-state index in [1.807, 2.05) is 0 Å². The van der Waals surface area contributed by atoms with Crippen LogP contribution < -0.4 is 11.1 Å². The van der Waals surface area contributed by atoms with E-state index in [0.717, 1.165) is 25.7 Å². The molecule has 0 aliphatic heterocycles. The Labute approximate surface area is 118 Å².